The van der Waals surface area contributed by atoms with E-state index >= 15 is 0 Å². The second-order valence-electron chi connectivity index (χ2n) is 5.00. The first-order valence-corrected chi connectivity index (χ1v) is 5.87. The van der Waals surface area contributed by atoms with E-state index in [9.17, 15) is 9.18 Å². The van der Waals surface area contributed by atoms with Gasteiger partial charge in [-0.3, -0.25) is 4.79 Å². The summed E-state index contributed by atoms with van der Waals surface area (Å²) in [4.78, 5) is 11.9. The maximum Gasteiger partial charge on any atom is 0.251 e. The van der Waals surface area contributed by atoms with Crippen molar-refractivity contribution in [3.05, 3.63) is 48.0 Å². The van der Waals surface area contributed by atoms with Crippen LogP contribution in [-0.4, -0.2) is 17.6 Å². The highest BCUT2D eigenvalue weighted by Crippen LogP contribution is 2.22. The molecule has 0 bridgehead atoms. The van der Waals surface area contributed by atoms with Gasteiger partial charge in [-0.15, -0.1) is 0 Å². The van der Waals surface area contributed by atoms with Crippen LogP contribution >= 0.6 is 0 Å². The molecule has 0 aromatic heterocycles. The number of ether oxygens (including phenoxy) is 1. The van der Waals surface area contributed by atoms with E-state index in [2.05, 4.69) is 5.32 Å². The number of hydrogen-bond donors (Lipinski definition) is 1. The van der Waals surface area contributed by atoms with Crippen LogP contribution in [-0.2, 0) is 4.74 Å². The molecule has 2 rings (SSSR count). The van der Waals surface area contributed by atoms with E-state index in [0.29, 0.717) is 12.0 Å². The molecule has 96 valence electrons. The van der Waals surface area contributed by atoms with Gasteiger partial charge < -0.3 is 10.1 Å². The van der Waals surface area contributed by atoms with Crippen molar-refractivity contribution in [2.75, 3.05) is 0 Å². The highest BCUT2D eigenvalue weighted by Gasteiger charge is 2.27. The first kappa shape index (κ1) is 12.6. The molecule has 1 atom stereocenters. The number of halogens is 1. The van der Waals surface area contributed by atoms with Crippen LogP contribution in [0.4, 0.5) is 4.39 Å². The van der Waals surface area contributed by atoms with Gasteiger partial charge in [0.1, 0.15) is 11.4 Å². The molecule has 1 aliphatic heterocycles. The van der Waals surface area contributed by atoms with Crippen LogP contribution in [0, 0.1) is 5.82 Å². The molecule has 4 heteroatoms. The lowest BCUT2D eigenvalue weighted by atomic mass is 9.96. The summed E-state index contributed by atoms with van der Waals surface area (Å²) in [7, 11) is 0. The van der Waals surface area contributed by atoms with Crippen LogP contribution in [0.15, 0.2) is 36.6 Å². The summed E-state index contributed by atoms with van der Waals surface area (Å²) in [5.41, 5.74) is 0.171. The van der Waals surface area contributed by atoms with E-state index in [4.69, 9.17) is 4.74 Å². The molecular formula is C14H16FNO2. The molecule has 0 fully saturated rings. The lowest BCUT2D eigenvalue weighted by Gasteiger charge is -2.32. The Labute approximate surface area is 106 Å². The van der Waals surface area contributed by atoms with Gasteiger partial charge in [-0.2, -0.15) is 0 Å². The van der Waals surface area contributed by atoms with Crippen molar-refractivity contribution in [3.8, 4) is 0 Å². The molecule has 0 aliphatic carbocycles. The average molecular weight is 249 g/mol. The molecule has 0 radical (unpaired) electrons. The summed E-state index contributed by atoms with van der Waals surface area (Å²) in [6, 6.07) is 5.43. The van der Waals surface area contributed by atoms with Crippen molar-refractivity contribution < 1.29 is 13.9 Å². The van der Waals surface area contributed by atoms with Crippen molar-refractivity contribution in [3.63, 3.8) is 0 Å². The number of rotatable bonds is 2. The van der Waals surface area contributed by atoms with Crippen LogP contribution in [0.5, 0.6) is 0 Å². The van der Waals surface area contributed by atoms with E-state index in [1.54, 1.807) is 6.26 Å². The second-order valence-corrected chi connectivity index (χ2v) is 5.00. The lowest BCUT2D eigenvalue weighted by molar-refractivity contribution is 0.0303. The van der Waals surface area contributed by atoms with Gasteiger partial charge >= 0.3 is 0 Å². The lowest BCUT2D eigenvalue weighted by Crippen LogP contribution is -2.41. The summed E-state index contributed by atoms with van der Waals surface area (Å²) in [6.45, 7) is 3.93. The fraction of sp³-hybridized carbons (Fsp3) is 0.357. The minimum absolute atomic E-state index is 0.0636. The first-order chi connectivity index (χ1) is 8.46. The quantitative estimate of drug-likeness (QED) is 0.875. The summed E-state index contributed by atoms with van der Waals surface area (Å²) in [5, 5.41) is 2.88. The molecule has 1 unspecified atom stereocenters. The molecule has 1 amide bonds. The number of carbonyl (C=O) groups excluding carboxylic acids is 1. The summed E-state index contributed by atoms with van der Waals surface area (Å²) in [6.07, 6.45) is 4.13. The van der Waals surface area contributed by atoms with Crippen molar-refractivity contribution in [2.24, 2.45) is 0 Å². The van der Waals surface area contributed by atoms with E-state index in [0.717, 1.165) is 0 Å². The van der Waals surface area contributed by atoms with Crippen LogP contribution in [0.3, 0.4) is 0 Å². The highest BCUT2D eigenvalue weighted by atomic mass is 19.1. The molecule has 0 saturated heterocycles. The fourth-order valence-corrected chi connectivity index (χ4v) is 1.92. The van der Waals surface area contributed by atoms with Crippen LogP contribution in [0.25, 0.3) is 0 Å². The Morgan fingerprint density at radius 2 is 2.06 bits per heavy atom. The number of benzene rings is 1. The number of nitrogens with one attached hydrogen (secondary N) is 1. The maximum absolute atomic E-state index is 12.8. The normalized spacial score (nSPS) is 21.2. The molecule has 1 aliphatic rings. The van der Waals surface area contributed by atoms with Crippen molar-refractivity contribution in [2.45, 2.75) is 31.9 Å². The Kier molecular flexibility index (Phi) is 3.36. The van der Waals surface area contributed by atoms with Crippen molar-refractivity contribution in [1.82, 2.24) is 5.32 Å². The zero-order valence-corrected chi connectivity index (χ0v) is 10.4. The molecule has 18 heavy (non-hydrogen) atoms. The van der Waals surface area contributed by atoms with Crippen LogP contribution < -0.4 is 5.32 Å². The van der Waals surface area contributed by atoms with Gasteiger partial charge in [0.2, 0.25) is 0 Å². The molecule has 1 heterocycles. The van der Waals surface area contributed by atoms with Crippen molar-refractivity contribution >= 4 is 5.91 Å². The Bertz CT molecular complexity index is 465. The predicted octanol–water partition coefficient (Wildman–Crippen LogP) is 2.64. The Hall–Kier alpha value is -1.84. The standard InChI is InChI=1S/C14H16FNO2/c1-14(2)9-12(7-8-18-14)16-13(17)10-3-5-11(15)6-4-10/h3-8,12H,9H2,1-2H3,(H,16,17). The van der Waals surface area contributed by atoms with Gasteiger partial charge in [-0.1, -0.05) is 0 Å². The highest BCUT2D eigenvalue weighted by molar-refractivity contribution is 5.94. The molecular weight excluding hydrogens is 233 g/mol. The second kappa shape index (κ2) is 4.80. The summed E-state index contributed by atoms with van der Waals surface area (Å²) < 4.78 is 18.2. The smallest absolute Gasteiger partial charge is 0.251 e. The van der Waals surface area contributed by atoms with E-state index in [1.165, 1.54) is 24.3 Å². The molecule has 0 spiro atoms. The Morgan fingerprint density at radius 1 is 1.39 bits per heavy atom. The zero-order chi connectivity index (χ0) is 13.2. The Morgan fingerprint density at radius 3 is 2.67 bits per heavy atom. The molecule has 3 nitrogen and oxygen atoms in total. The van der Waals surface area contributed by atoms with E-state index in [-0.39, 0.29) is 23.4 Å². The topological polar surface area (TPSA) is 38.3 Å². The van der Waals surface area contributed by atoms with Gasteiger partial charge in [0.15, 0.2) is 0 Å². The third kappa shape index (κ3) is 3.09. The van der Waals surface area contributed by atoms with Gasteiger partial charge in [0.05, 0.1) is 12.3 Å². The molecule has 0 saturated carbocycles. The zero-order valence-electron chi connectivity index (χ0n) is 10.4. The van der Waals surface area contributed by atoms with Gasteiger partial charge in [-0.25, -0.2) is 4.39 Å². The van der Waals surface area contributed by atoms with Gasteiger partial charge in [-0.05, 0) is 44.2 Å². The van der Waals surface area contributed by atoms with Gasteiger partial charge in [0.25, 0.3) is 5.91 Å². The third-order valence-electron chi connectivity index (χ3n) is 2.83. The fourth-order valence-electron chi connectivity index (χ4n) is 1.92. The Balaban J connectivity index is 2.01. The minimum atomic E-state index is -0.348. The van der Waals surface area contributed by atoms with Crippen LogP contribution in [0.2, 0.25) is 0 Å². The van der Waals surface area contributed by atoms with Gasteiger partial charge in [0, 0.05) is 12.0 Å². The predicted molar refractivity (Wildman–Crippen MR) is 66.6 cm³/mol. The summed E-state index contributed by atoms with van der Waals surface area (Å²) >= 11 is 0. The molecule has 1 aromatic rings. The van der Waals surface area contributed by atoms with Crippen molar-refractivity contribution in [1.29, 1.82) is 0 Å². The van der Waals surface area contributed by atoms with E-state index < -0.39 is 0 Å². The van der Waals surface area contributed by atoms with E-state index in [1.807, 2.05) is 19.9 Å². The minimum Gasteiger partial charge on any atom is -0.496 e. The monoisotopic (exact) mass is 249 g/mol. The number of amides is 1. The van der Waals surface area contributed by atoms with Crippen LogP contribution in [0.1, 0.15) is 30.6 Å². The average Bonchev–Trinajstić information content (AvgIpc) is 2.28. The SMILES string of the molecule is CC1(C)CC(NC(=O)c2ccc(F)cc2)C=CO1. The third-order valence-corrected chi connectivity index (χ3v) is 2.83. The largest absolute Gasteiger partial charge is 0.496 e. The number of carbonyl (C=O) groups is 1. The summed E-state index contributed by atoms with van der Waals surface area (Å²) in [5.74, 6) is -0.555. The maximum atomic E-state index is 12.8. The molecule has 1 aromatic carbocycles. The molecule has 1 N–H and O–H groups in total. The number of hydrogen-bond acceptors (Lipinski definition) is 2. The first-order valence-electron chi connectivity index (χ1n) is 5.87.